The van der Waals surface area contributed by atoms with Crippen molar-refractivity contribution < 1.29 is 0 Å². The molecule has 0 aliphatic heterocycles. The number of aromatic nitrogens is 2. The van der Waals surface area contributed by atoms with Gasteiger partial charge in [-0.1, -0.05) is 12.8 Å². The van der Waals surface area contributed by atoms with E-state index < -0.39 is 0 Å². The summed E-state index contributed by atoms with van der Waals surface area (Å²) in [4.78, 5) is 0. The van der Waals surface area contributed by atoms with Gasteiger partial charge < -0.3 is 0 Å². The van der Waals surface area contributed by atoms with Crippen molar-refractivity contribution in [3.8, 4) is 12.3 Å². The molecule has 0 aromatic carbocycles. The van der Waals surface area contributed by atoms with Gasteiger partial charge in [0.15, 0.2) is 0 Å². The van der Waals surface area contributed by atoms with Crippen molar-refractivity contribution in [1.82, 2.24) is 9.78 Å². The average Bonchev–Trinajstić information content (AvgIpc) is 2.33. The van der Waals surface area contributed by atoms with Crippen molar-refractivity contribution in [2.24, 2.45) is 0 Å². The summed E-state index contributed by atoms with van der Waals surface area (Å²) in [6.45, 7) is 4.64. The van der Waals surface area contributed by atoms with E-state index in [2.05, 4.69) is 24.1 Å². The molecule has 0 unspecified atom stereocenters. The Labute approximate surface area is 67.2 Å². The molecule has 2 nitrogen and oxygen atoms in total. The minimum Gasteiger partial charge on any atom is -0.257 e. The molecule has 0 aliphatic carbocycles. The zero-order chi connectivity index (χ0) is 8.27. The number of hydrogen-bond donors (Lipinski definition) is 0. The first-order valence-corrected chi connectivity index (χ1v) is 3.67. The standard InChI is InChI=1S/C9H11N2/c1-4-6-11-9(5-2)8(3)7-10-11/h1H,5-6H2,2-3H3. The van der Waals surface area contributed by atoms with Crippen LogP contribution in [0.5, 0.6) is 0 Å². The van der Waals surface area contributed by atoms with E-state index in [1.807, 2.05) is 11.6 Å². The maximum Gasteiger partial charge on any atom is 0.116 e. The van der Waals surface area contributed by atoms with Crippen LogP contribution in [0.3, 0.4) is 0 Å². The van der Waals surface area contributed by atoms with Gasteiger partial charge in [-0.05, 0) is 18.9 Å². The topological polar surface area (TPSA) is 17.8 Å². The van der Waals surface area contributed by atoms with Crippen molar-refractivity contribution in [1.29, 1.82) is 0 Å². The second-order valence-corrected chi connectivity index (χ2v) is 2.40. The van der Waals surface area contributed by atoms with Crippen LogP contribution >= 0.6 is 0 Å². The molecule has 0 N–H and O–H groups in total. The van der Waals surface area contributed by atoms with E-state index >= 15 is 0 Å². The third-order valence-corrected chi connectivity index (χ3v) is 1.66. The fraction of sp³-hybridized carbons (Fsp3) is 0.444. The molecule has 0 spiro atoms. The molecule has 1 heterocycles. The molecule has 0 atom stereocenters. The first-order valence-electron chi connectivity index (χ1n) is 3.67. The Balaban J connectivity index is 2.97. The van der Waals surface area contributed by atoms with Gasteiger partial charge in [0.1, 0.15) is 12.7 Å². The largest absolute Gasteiger partial charge is 0.257 e. The lowest BCUT2D eigenvalue weighted by atomic mass is 10.2. The van der Waals surface area contributed by atoms with Crippen LogP contribution in [-0.2, 0) is 13.0 Å². The highest BCUT2D eigenvalue weighted by molar-refractivity contribution is 5.14. The molecule has 1 aromatic rings. The summed E-state index contributed by atoms with van der Waals surface area (Å²) in [6, 6.07) is 0. The van der Waals surface area contributed by atoms with Crippen molar-refractivity contribution in [3.63, 3.8) is 0 Å². The van der Waals surface area contributed by atoms with Gasteiger partial charge in [0.25, 0.3) is 0 Å². The zero-order valence-electron chi connectivity index (χ0n) is 6.89. The summed E-state index contributed by atoms with van der Waals surface area (Å²) < 4.78 is 1.81. The molecule has 1 rings (SSSR count). The maximum absolute atomic E-state index is 5.17. The first-order chi connectivity index (χ1) is 5.29. The molecular formula is C9H11N2. The lowest BCUT2D eigenvalue weighted by Gasteiger charge is -2.00. The summed E-state index contributed by atoms with van der Waals surface area (Å²) in [5.41, 5.74) is 2.28. The second-order valence-electron chi connectivity index (χ2n) is 2.40. The van der Waals surface area contributed by atoms with E-state index in [9.17, 15) is 0 Å². The van der Waals surface area contributed by atoms with Gasteiger partial charge >= 0.3 is 0 Å². The Kier molecular flexibility index (Phi) is 2.32. The molecular weight excluding hydrogens is 136 g/mol. The molecule has 0 aliphatic rings. The summed E-state index contributed by atoms with van der Waals surface area (Å²) in [7, 11) is 0. The van der Waals surface area contributed by atoms with Crippen molar-refractivity contribution in [2.45, 2.75) is 26.8 Å². The summed E-state index contributed by atoms with van der Waals surface area (Å²) in [5.74, 6) is 2.55. The fourth-order valence-electron chi connectivity index (χ4n) is 1.12. The molecule has 0 amide bonds. The molecule has 0 saturated heterocycles. The molecule has 11 heavy (non-hydrogen) atoms. The second kappa shape index (κ2) is 3.25. The van der Waals surface area contributed by atoms with E-state index in [4.69, 9.17) is 6.42 Å². The fourth-order valence-corrected chi connectivity index (χ4v) is 1.12. The van der Waals surface area contributed by atoms with Crippen LogP contribution in [0.25, 0.3) is 0 Å². The third-order valence-electron chi connectivity index (χ3n) is 1.66. The van der Waals surface area contributed by atoms with Crippen molar-refractivity contribution in [2.75, 3.05) is 0 Å². The molecule has 2 heteroatoms. The summed E-state index contributed by atoms with van der Waals surface area (Å²) >= 11 is 0. The normalized spacial score (nSPS) is 9.55. The quantitative estimate of drug-likeness (QED) is 0.574. The van der Waals surface area contributed by atoms with Crippen LogP contribution in [-0.4, -0.2) is 9.78 Å². The molecule has 0 bridgehead atoms. The van der Waals surface area contributed by atoms with Gasteiger partial charge in [-0.15, -0.1) is 6.42 Å². The molecule has 0 saturated carbocycles. The minimum atomic E-state index is 0.549. The van der Waals surface area contributed by atoms with Crippen LogP contribution < -0.4 is 0 Å². The lowest BCUT2D eigenvalue weighted by molar-refractivity contribution is 0.671. The Morgan fingerprint density at radius 3 is 3.00 bits per heavy atom. The van der Waals surface area contributed by atoms with Crippen LogP contribution in [0.15, 0.2) is 0 Å². The van der Waals surface area contributed by atoms with E-state index in [1.165, 1.54) is 5.69 Å². The van der Waals surface area contributed by atoms with Crippen LogP contribution in [0.2, 0.25) is 0 Å². The van der Waals surface area contributed by atoms with Crippen LogP contribution in [0.1, 0.15) is 18.2 Å². The lowest BCUT2D eigenvalue weighted by Crippen LogP contribution is -2.02. The molecule has 1 aromatic heterocycles. The maximum atomic E-state index is 5.17. The molecule has 57 valence electrons. The Hall–Kier alpha value is -1.23. The number of rotatable bonds is 2. The predicted octanol–water partition coefficient (Wildman–Crippen LogP) is 1.19. The Bertz CT molecular complexity index is 278. The highest BCUT2D eigenvalue weighted by atomic mass is 15.3. The minimum absolute atomic E-state index is 0.549. The highest BCUT2D eigenvalue weighted by Gasteiger charge is 2.02. The van der Waals surface area contributed by atoms with Gasteiger partial charge in [-0.2, -0.15) is 5.10 Å². The zero-order valence-corrected chi connectivity index (χ0v) is 6.89. The van der Waals surface area contributed by atoms with Gasteiger partial charge in [0, 0.05) is 5.69 Å². The van der Waals surface area contributed by atoms with Crippen molar-refractivity contribution in [3.05, 3.63) is 17.5 Å². The van der Waals surface area contributed by atoms with Gasteiger partial charge in [-0.3, -0.25) is 4.68 Å². The van der Waals surface area contributed by atoms with Gasteiger partial charge in [0.05, 0.1) is 0 Å². The van der Waals surface area contributed by atoms with E-state index in [0.29, 0.717) is 6.54 Å². The predicted molar refractivity (Wildman–Crippen MR) is 44.0 cm³/mol. The summed E-state index contributed by atoms with van der Waals surface area (Å²) in [5, 5.41) is 4.03. The monoisotopic (exact) mass is 147 g/mol. The van der Waals surface area contributed by atoms with Crippen LogP contribution in [0.4, 0.5) is 0 Å². The first kappa shape index (κ1) is 7.87. The third kappa shape index (κ3) is 1.43. The number of hydrogen-bond acceptors (Lipinski definition) is 1. The highest BCUT2D eigenvalue weighted by Crippen LogP contribution is 2.05. The van der Waals surface area contributed by atoms with E-state index in [0.717, 1.165) is 12.0 Å². The smallest absolute Gasteiger partial charge is 0.116 e. The number of nitrogens with zero attached hydrogens (tertiary/aromatic N) is 2. The number of terminal acetylenes is 1. The van der Waals surface area contributed by atoms with E-state index in [1.54, 1.807) is 0 Å². The summed E-state index contributed by atoms with van der Waals surface area (Å²) in [6.07, 6.45) is 9.02. The SMILES string of the molecule is C#CCn1n[c]c(C)c1CC. The number of aryl methyl sites for hydroxylation is 1. The van der Waals surface area contributed by atoms with Gasteiger partial charge in [-0.25, -0.2) is 0 Å². The van der Waals surface area contributed by atoms with Gasteiger partial charge in [0.2, 0.25) is 0 Å². The molecule has 0 fully saturated rings. The van der Waals surface area contributed by atoms with Crippen LogP contribution in [0, 0.1) is 25.5 Å². The molecule has 1 radical (unpaired) electrons. The average molecular weight is 147 g/mol. The Morgan fingerprint density at radius 2 is 2.45 bits per heavy atom. The Morgan fingerprint density at radius 1 is 1.73 bits per heavy atom. The van der Waals surface area contributed by atoms with Crippen molar-refractivity contribution >= 4 is 0 Å². The van der Waals surface area contributed by atoms with E-state index in [-0.39, 0.29) is 0 Å².